The molecule has 0 saturated heterocycles. The van der Waals surface area contributed by atoms with Crippen LogP contribution in [0, 0.1) is 0 Å². The van der Waals surface area contributed by atoms with Crippen molar-refractivity contribution in [2.75, 3.05) is 9.93 Å². The minimum Gasteiger partial charge on any atom is -0.267 e. The van der Waals surface area contributed by atoms with Gasteiger partial charge in [-0.3, -0.25) is 4.72 Å². The van der Waals surface area contributed by atoms with Crippen molar-refractivity contribution in [3.05, 3.63) is 12.3 Å². The lowest BCUT2D eigenvalue weighted by atomic mass is 10.4. The molecule has 5 nitrogen and oxygen atoms in total. The van der Waals surface area contributed by atoms with Gasteiger partial charge in [0.15, 0.2) is 0 Å². The quantitative estimate of drug-likeness (QED) is 0.806. The second-order valence-electron chi connectivity index (χ2n) is 3.08. The Morgan fingerprint density at radius 3 is 2.79 bits per heavy atom. The fraction of sp³-hybridized carbons (Fsp3) is 0.571. The van der Waals surface area contributed by atoms with Crippen LogP contribution >= 0.6 is 11.6 Å². The van der Waals surface area contributed by atoms with Gasteiger partial charge in [0.2, 0.25) is 10.0 Å². The van der Waals surface area contributed by atoms with Gasteiger partial charge in [-0.2, -0.15) is 5.10 Å². The summed E-state index contributed by atoms with van der Waals surface area (Å²) >= 11 is 5.26. The van der Waals surface area contributed by atoms with Gasteiger partial charge in [-0.1, -0.05) is 0 Å². The normalized spacial score (nSPS) is 12.0. The first-order chi connectivity index (χ1) is 6.46. The van der Waals surface area contributed by atoms with Crippen LogP contribution in [0.15, 0.2) is 12.3 Å². The highest BCUT2D eigenvalue weighted by Gasteiger charge is 2.12. The van der Waals surface area contributed by atoms with E-state index in [0.29, 0.717) is 5.82 Å². The lowest BCUT2D eigenvalue weighted by Gasteiger charge is -2.11. The number of nitrogens with one attached hydrogen (secondary N) is 1. The maximum absolute atomic E-state index is 11.2. The van der Waals surface area contributed by atoms with Crippen molar-refractivity contribution in [1.29, 1.82) is 0 Å². The summed E-state index contributed by atoms with van der Waals surface area (Å²) in [5.41, 5.74) is 0. The van der Waals surface area contributed by atoms with Crippen LogP contribution < -0.4 is 4.72 Å². The van der Waals surface area contributed by atoms with E-state index in [0.717, 1.165) is 0 Å². The van der Waals surface area contributed by atoms with Crippen molar-refractivity contribution in [3.8, 4) is 0 Å². The molecule has 0 spiro atoms. The van der Waals surface area contributed by atoms with E-state index in [1.807, 2.05) is 13.8 Å². The molecule has 0 radical (unpaired) electrons. The number of hydrogen-bond donors (Lipinski definition) is 1. The number of alkyl halides is 1. The number of hydrogen-bond acceptors (Lipinski definition) is 3. The molecule has 0 amide bonds. The number of rotatable bonds is 4. The van der Waals surface area contributed by atoms with Gasteiger partial charge in [-0.15, -0.1) is 11.6 Å². The molecule has 1 heterocycles. The molecular formula is C7H12ClN3O2S. The predicted molar refractivity (Wildman–Crippen MR) is 55.9 cm³/mol. The van der Waals surface area contributed by atoms with E-state index < -0.39 is 15.2 Å². The molecule has 80 valence electrons. The highest BCUT2D eigenvalue weighted by atomic mass is 35.5. The van der Waals surface area contributed by atoms with Crippen LogP contribution in [0.25, 0.3) is 0 Å². The molecule has 1 rings (SSSR count). The van der Waals surface area contributed by atoms with Crippen molar-refractivity contribution < 1.29 is 8.42 Å². The maximum atomic E-state index is 11.2. The monoisotopic (exact) mass is 237 g/mol. The molecule has 0 fully saturated rings. The molecule has 14 heavy (non-hydrogen) atoms. The highest BCUT2D eigenvalue weighted by Crippen LogP contribution is 2.14. The molecule has 0 bridgehead atoms. The number of sulfonamides is 1. The molecule has 0 aliphatic rings. The zero-order chi connectivity index (χ0) is 10.8. The highest BCUT2D eigenvalue weighted by molar-refractivity contribution is 7.93. The molecule has 0 unspecified atom stereocenters. The zero-order valence-corrected chi connectivity index (χ0v) is 9.51. The summed E-state index contributed by atoms with van der Waals surface area (Å²) in [5, 5.41) is 3.52. The van der Waals surface area contributed by atoms with E-state index in [2.05, 4.69) is 9.82 Å². The standard InChI is InChI=1S/C7H12ClN3O2S/c1-6(2)11-7(3-4-9-11)10-14(12,13)5-8/h3-4,6,10H,5H2,1-2H3. The van der Waals surface area contributed by atoms with Crippen LogP contribution in [0.1, 0.15) is 19.9 Å². The van der Waals surface area contributed by atoms with Crippen LogP contribution in [0.3, 0.4) is 0 Å². The van der Waals surface area contributed by atoms with Crippen LogP contribution in [0.4, 0.5) is 5.82 Å². The Balaban J connectivity index is 2.93. The number of nitrogens with zero attached hydrogens (tertiary/aromatic N) is 2. The summed E-state index contributed by atoms with van der Waals surface area (Å²) in [6, 6.07) is 1.68. The number of anilines is 1. The van der Waals surface area contributed by atoms with E-state index in [1.54, 1.807) is 10.7 Å². The summed E-state index contributed by atoms with van der Waals surface area (Å²) in [6.07, 6.45) is 1.53. The van der Waals surface area contributed by atoms with Crippen LogP contribution in [-0.2, 0) is 10.0 Å². The lowest BCUT2D eigenvalue weighted by molar-refractivity contribution is 0.539. The van der Waals surface area contributed by atoms with Gasteiger partial charge >= 0.3 is 0 Å². The van der Waals surface area contributed by atoms with E-state index >= 15 is 0 Å². The summed E-state index contributed by atoms with van der Waals surface area (Å²) in [7, 11) is -3.44. The van der Waals surface area contributed by atoms with E-state index in [4.69, 9.17) is 11.6 Å². The lowest BCUT2D eigenvalue weighted by Crippen LogP contribution is -2.17. The molecule has 7 heteroatoms. The van der Waals surface area contributed by atoms with E-state index in [9.17, 15) is 8.42 Å². The average Bonchev–Trinajstić information content (AvgIpc) is 2.51. The summed E-state index contributed by atoms with van der Waals surface area (Å²) in [4.78, 5) is 0. The minimum atomic E-state index is -3.44. The fourth-order valence-electron chi connectivity index (χ4n) is 0.993. The summed E-state index contributed by atoms with van der Waals surface area (Å²) in [5.74, 6) is 0.431. The van der Waals surface area contributed by atoms with Crippen LogP contribution in [0.2, 0.25) is 0 Å². The third-order valence-corrected chi connectivity index (χ3v) is 3.23. The van der Waals surface area contributed by atoms with Crippen LogP contribution in [-0.4, -0.2) is 23.4 Å². The Morgan fingerprint density at radius 1 is 1.64 bits per heavy atom. The van der Waals surface area contributed by atoms with Crippen molar-refractivity contribution in [1.82, 2.24) is 9.78 Å². The largest absolute Gasteiger partial charge is 0.267 e. The molecule has 0 aromatic carbocycles. The van der Waals surface area contributed by atoms with Gasteiger partial charge < -0.3 is 0 Å². The second-order valence-corrected chi connectivity index (χ2v) is 5.39. The molecule has 0 saturated carbocycles. The minimum absolute atomic E-state index is 0.0954. The van der Waals surface area contributed by atoms with Gasteiger partial charge in [0.1, 0.15) is 11.0 Å². The Hall–Kier alpha value is -0.750. The molecule has 1 N–H and O–H groups in total. The van der Waals surface area contributed by atoms with Crippen molar-refractivity contribution in [2.45, 2.75) is 19.9 Å². The van der Waals surface area contributed by atoms with Crippen LogP contribution in [0.5, 0.6) is 0 Å². The maximum Gasteiger partial charge on any atom is 0.247 e. The van der Waals surface area contributed by atoms with Crippen molar-refractivity contribution in [3.63, 3.8) is 0 Å². The molecule has 1 aromatic heterocycles. The van der Waals surface area contributed by atoms with Gasteiger partial charge in [0.25, 0.3) is 0 Å². The Kier molecular flexibility index (Phi) is 3.38. The first kappa shape index (κ1) is 11.3. The fourth-order valence-corrected chi connectivity index (χ4v) is 1.69. The van der Waals surface area contributed by atoms with Gasteiger partial charge in [-0.05, 0) is 13.8 Å². The Bertz CT molecular complexity index is 399. The van der Waals surface area contributed by atoms with E-state index in [-0.39, 0.29) is 6.04 Å². The SMILES string of the molecule is CC(C)n1nccc1NS(=O)(=O)CCl. The van der Waals surface area contributed by atoms with Crippen molar-refractivity contribution >= 4 is 27.4 Å². The molecule has 0 aliphatic carbocycles. The average molecular weight is 238 g/mol. The summed E-state index contributed by atoms with van der Waals surface area (Å²) < 4.78 is 26.2. The molecule has 1 aromatic rings. The number of aromatic nitrogens is 2. The first-order valence-corrected chi connectivity index (χ1v) is 6.25. The Morgan fingerprint density at radius 2 is 2.29 bits per heavy atom. The molecular weight excluding hydrogens is 226 g/mol. The van der Waals surface area contributed by atoms with Crippen molar-refractivity contribution in [2.24, 2.45) is 0 Å². The first-order valence-electron chi connectivity index (χ1n) is 4.06. The third-order valence-electron chi connectivity index (χ3n) is 1.56. The van der Waals surface area contributed by atoms with Gasteiger partial charge in [0.05, 0.1) is 6.20 Å². The second kappa shape index (κ2) is 4.18. The molecule has 0 atom stereocenters. The predicted octanol–water partition coefficient (Wildman–Crippen LogP) is 1.40. The smallest absolute Gasteiger partial charge is 0.247 e. The van der Waals surface area contributed by atoms with Gasteiger partial charge in [0, 0.05) is 12.1 Å². The third kappa shape index (κ3) is 2.62. The molecule has 0 aliphatic heterocycles. The summed E-state index contributed by atoms with van der Waals surface area (Å²) in [6.45, 7) is 3.82. The topological polar surface area (TPSA) is 64.0 Å². The Labute approximate surface area is 88.1 Å². The van der Waals surface area contributed by atoms with Gasteiger partial charge in [-0.25, -0.2) is 13.1 Å². The zero-order valence-electron chi connectivity index (χ0n) is 7.94. The van der Waals surface area contributed by atoms with E-state index in [1.165, 1.54) is 6.20 Å². The number of halogens is 1.